The number of nitrogens with zero attached hydrogens (tertiary/aromatic N) is 3. The Morgan fingerprint density at radius 2 is 2.16 bits per heavy atom. The lowest BCUT2D eigenvalue weighted by molar-refractivity contribution is 0.0268. The van der Waals surface area contributed by atoms with E-state index in [9.17, 15) is 0 Å². The van der Waals surface area contributed by atoms with Gasteiger partial charge in [-0.25, -0.2) is 9.50 Å². The van der Waals surface area contributed by atoms with Crippen molar-refractivity contribution in [2.75, 3.05) is 19.0 Å². The largest absolute Gasteiger partial charge is 0.379 e. The van der Waals surface area contributed by atoms with Crippen LogP contribution < -0.4 is 5.32 Å². The Labute approximate surface area is 114 Å². The molecular weight excluding hydrogens is 240 g/mol. The van der Waals surface area contributed by atoms with Crippen LogP contribution in [0.2, 0.25) is 0 Å². The molecule has 0 aliphatic carbocycles. The molecule has 5 nitrogen and oxygen atoms in total. The number of rotatable bonds is 4. The van der Waals surface area contributed by atoms with Crippen molar-refractivity contribution >= 4 is 11.3 Å². The predicted molar refractivity (Wildman–Crippen MR) is 76.5 cm³/mol. The van der Waals surface area contributed by atoms with E-state index >= 15 is 0 Å². The van der Waals surface area contributed by atoms with Crippen LogP contribution >= 0.6 is 0 Å². The maximum atomic E-state index is 5.54. The van der Waals surface area contributed by atoms with E-state index in [0.717, 1.165) is 23.6 Å². The third-order valence-corrected chi connectivity index (χ3v) is 3.22. The Bertz CT molecular complexity index is 556. The van der Waals surface area contributed by atoms with Crippen molar-refractivity contribution in [3.8, 4) is 0 Å². The van der Waals surface area contributed by atoms with Gasteiger partial charge in [0.2, 0.25) is 0 Å². The standard InChI is InChI=1S/C14H22N4O/c1-10-8-11-13(15-6-7-18(11)17-10)16-9-12(19-5)14(2,3)4/h6-8,12H,9H2,1-5H3,(H,15,16). The number of methoxy groups -OCH3 is 1. The number of hydrogen-bond donors (Lipinski definition) is 1. The third kappa shape index (κ3) is 3.04. The van der Waals surface area contributed by atoms with Crippen molar-refractivity contribution in [1.29, 1.82) is 0 Å². The van der Waals surface area contributed by atoms with Gasteiger partial charge in [-0.2, -0.15) is 5.10 Å². The topological polar surface area (TPSA) is 51.5 Å². The second-order valence-corrected chi connectivity index (χ2v) is 5.86. The van der Waals surface area contributed by atoms with E-state index in [4.69, 9.17) is 4.74 Å². The second kappa shape index (κ2) is 5.17. The highest BCUT2D eigenvalue weighted by Gasteiger charge is 2.24. The monoisotopic (exact) mass is 262 g/mol. The molecular formula is C14H22N4O. The molecule has 2 rings (SSSR count). The van der Waals surface area contributed by atoms with Crippen LogP contribution in [0.1, 0.15) is 26.5 Å². The van der Waals surface area contributed by atoms with Gasteiger partial charge in [0.25, 0.3) is 0 Å². The summed E-state index contributed by atoms with van der Waals surface area (Å²) in [5, 5.41) is 7.74. The van der Waals surface area contributed by atoms with E-state index in [1.54, 1.807) is 13.3 Å². The third-order valence-electron chi connectivity index (χ3n) is 3.22. The lowest BCUT2D eigenvalue weighted by Gasteiger charge is -2.29. The molecule has 0 aliphatic rings. The number of ether oxygens (including phenoxy) is 1. The van der Waals surface area contributed by atoms with Crippen LogP contribution in [-0.4, -0.2) is 34.4 Å². The maximum Gasteiger partial charge on any atom is 0.152 e. The average molecular weight is 262 g/mol. The predicted octanol–water partition coefficient (Wildman–Crippen LogP) is 2.51. The Morgan fingerprint density at radius 1 is 1.42 bits per heavy atom. The average Bonchev–Trinajstić information content (AvgIpc) is 2.69. The van der Waals surface area contributed by atoms with E-state index in [0.29, 0.717) is 0 Å². The molecule has 0 bridgehead atoms. The van der Waals surface area contributed by atoms with E-state index in [1.807, 2.05) is 23.7 Å². The van der Waals surface area contributed by atoms with Crippen LogP contribution in [0.4, 0.5) is 5.82 Å². The normalized spacial score (nSPS) is 13.7. The Balaban J connectivity index is 2.17. The Morgan fingerprint density at radius 3 is 2.79 bits per heavy atom. The quantitative estimate of drug-likeness (QED) is 0.920. The molecule has 5 heteroatoms. The van der Waals surface area contributed by atoms with Gasteiger partial charge < -0.3 is 10.1 Å². The molecule has 19 heavy (non-hydrogen) atoms. The summed E-state index contributed by atoms with van der Waals surface area (Å²) >= 11 is 0. The van der Waals surface area contributed by atoms with Gasteiger partial charge in [-0.15, -0.1) is 0 Å². The minimum Gasteiger partial charge on any atom is -0.379 e. The van der Waals surface area contributed by atoms with Gasteiger partial charge in [0.1, 0.15) is 5.52 Å². The van der Waals surface area contributed by atoms with Crippen LogP contribution in [0.5, 0.6) is 0 Å². The molecule has 1 N–H and O–H groups in total. The van der Waals surface area contributed by atoms with Crippen LogP contribution in [0.25, 0.3) is 5.52 Å². The fourth-order valence-corrected chi connectivity index (χ4v) is 2.11. The fourth-order valence-electron chi connectivity index (χ4n) is 2.11. The van der Waals surface area contributed by atoms with Crippen molar-refractivity contribution in [3.63, 3.8) is 0 Å². The molecule has 0 aliphatic heterocycles. The van der Waals surface area contributed by atoms with E-state index < -0.39 is 0 Å². The van der Waals surface area contributed by atoms with Crippen LogP contribution in [0, 0.1) is 12.3 Å². The molecule has 2 aromatic heterocycles. The fraction of sp³-hybridized carbons (Fsp3) is 0.571. The smallest absolute Gasteiger partial charge is 0.152 e. The van der Waals surface area contributed by atoms with Gasteiger partial charge in [-0.05, 0) is 18.4 Å². The molecule has 0 amide bonds. The van der Waals surface area contributed by atoms with Crippen molar-refractivity contribution < 1.29 is 4.74 Å². The van der Waals surface area contributed by atoms with Crippen molar-refractivity contribution in [2.24, 2.45) is 5.41 Å². The van der Waals surface area contributed by atoms with Crippen LogP contribution in [0.3, 0.4) is 0 Å². The highest BCUT2D eigenvalue weighted by molar-refractivity contribution is 5.67. The summed E-state index contributed by atoms with van der Waals surface area (Å²) in [4.78, 5) is 4.38. The van der Waals surface area contributed by atoms with Crippen LogP contribution in [0.15, 0.2) is 18.5 Å². The van der Waals surface area contributed by atoms with E-state index in [1.165, 1.54) is 0 Å². The molecule has 2 aromatic rings. The highest BCUT2D eigenvalue weighted by Crippen LogP contribution is 2.23. The van der Waals surface area contributed by atoms with Crippen molar-refractivity contribution in [3.05, 3.63) is 24.2 Å². The summed E-state index contributed by atoms with van der Waals surface area (Å²) in [6.45, 7) is 9.19. The lowest BCUT2D eigenvalue weighted by atomic mass is 9.89. The number of hydrogen-bond acceptors (Lipinski definition) is 4. The number of aromatic nitrogens is 3. The second-order valence-electron chi connectivity index (χ2n) is 5.86. The number of aryl methyl sites for hydroxylation is 1. The molecule has 0 fully saturated rings. The number of anilines is 1. The van der Waals surface area contributed by atoms with Crippen molar-refractivity contribution in [1.82, 2.24) is 14.6 Å². The maximum absolute atomic E-state index is 5.54. The van der Waals surface area contributed by atoms with E-state index in [-0.39, 0.29) is 11.5 Å². The minimum atomic E-state index is 0.0863. The van der Waals surface area contributed by atoms with Gasteiger partial charge >= 0.3 is 0 Å². The first-order valence-corrected chi connectivity index (χ1v) is 6.49. The zero-order valence-electron chi connectivity index (χ0n) is 12.3. The molecule has 0 radical (unpaired) electrons. The first kappa shape index (κ1) is 13.8. The summed E-state index contributed by atoms with van der Waals surface area (Å²) in [5.74, 6) is 0.842. The summed E-state index contributed by atoms with van der Waals surface area (Å²) in [7, 11) is 1.74. The van der Waals surface area contributed by atoms with Gasteiger partial charge in [0, 0.05) is 26.0 Å². The summed E-state index contributed by atoms with van der Waals surface area (Å²) in [6.07, 6.45) is 3.73. The zero-order chi connectivity index (χ0) is 14.0. The molecule has 0 aromatic carbocycles. The molecule has 2 heterocycles. The molecule has 1 atom stereocenters. The first-order valence-electron chi connectivity index (χ1n) is 6.49. The number of fused-ring (bicyclic) bond motifs is 1. The lowest BCUT2D eigenvalue weighted by Crippen LogP contribution is -2.35. The van der Waals surface area contributed by atoms with E-state index in [2.05, 4.69) is 36.2 Å². The number of nitrogens with one attached hydrogen (secondary N) is 1. The van der Waals surface area contributed by atoms with Crippen LogP contribution in [-0.2, 0) is 4.74 Å². The molecule has 104 valence electrons. The van der Waals surface area contributed by atoms with Gasteiger partial charge in [0.05, 0.1) is 11.8 Å². The zero-order valence-corrected chi connectivity index (χ0v) is 12.3. The Hall–Kier alpha value is -1.62. The van der Waals surface area contributed by atoms with Crippen molar-refractivity contribution in [2.45, 2.75) is 33.8 Å². The summed E-state index contributed by atoms with van der Waals surface area (Å²) in [5.41, 5.74) is 2.06. The Kier molecular flexibility index (Phi) is 3.75. The molecule has 0 saturated carbocycles. The molecule has 0 saturated heterocycles. The molecule has 1 unspecified atom stereocenters. The minimum absolute atomic E-state index is 0.0863. The van der Waals surface area contributed by atoms with Gasteiger partial charge in [-0.1, -0.05) is 20.8 Å². The van der Waals surface area contributed by atoms with Gasteiger partial charge in [-0.3, -0.25) is 0 Å². The summed E-state index contributed by atoms with van der Waals surface area (Å²) < 4.78 is 7.38. The summed E-state index contributed by atoms with van der Waals surface area (Å²) in [6, 6.07) is 2.02. The first-order chi connectivity index (χ1) is 8.91. The van der Waals surface area contributed by atoms with Gasteiger partial charge in [0.15, 0.2) is 5.82 Å². The SMILES string of the molecule is COC(CNc1nccn2nc(C)cc12)C(C)(C)C. The highest BCUT2D eigenvalue weighted by atomic mass is 16.5. The molecule has 0 spiro atoms.